The van der Waals surface area contributed by atoms with E-state index in [2.05, 4.69) is 10.3 Å². The molecule has 40 heavy (non-hydrogen) atoms. The van der Waals surface area contributed by atoms with Gasteiger partial charge in [-0.15, -0.1) is 0 Å². The molecule has 1 aliphatic carbocycles. The molecule has 1 spiro atoms. The lowest BCUT2D eigenvalue weighted by Crippen LogP contribution is -2.53. The summed E-state index contributed by atoms with van der Waals surface area (Å²) in [6.07, 6.45) is 5.39. The predicted molar refractivity (Wildman–Crippen MR) is 153 cm³/mol. The molecule has 4 heterocycles. The van der Waals surface area contributed by atoms with Crippen molar-refractivity contribution in [2.24, 2.45) is 11.7 Å². The van der Waals surface area contributed by atoms with E-state index in [1.165, 1.54) is 4.90 Å². The zero-order chi connectivity index (χ0) is 28.4. The van der Waals surface area contributed by atoms with E-state index in [9.17, 15) is 14.4 Å². The molecule has 2 atom stereocenters. The van der Waals surface area contributed by atoms with Gasteiger partial charge in [-0.1, -0.05) is 23.7 Å². The number of primary amides is 1. The second-order valence-corrected chi connectivity index (χ2v) is 12.4. The summed E-state index contributed by atoms with van der Waals surface area (Å²) in [5.74, 6) is 0.136. The molecule has 3 aromatic rings. The van der Waals surface area contributed by atoms with Crippen LogP contribution in [-0.4, -0.2) is 64.6 Å². The van der Waals surface area contributed by atoms with Crippen molar-refractivity contribution in [2.45, 2.75) is 51.0 Å². The van der Waals surface area contributed by atoms with Gasteiger partial charge in [0, 0.05) is 65.4 Å². The number of carbonyl (C=O) groups is 3. The van der Waals surface area contributed by atoms with Gasteiger partial charge in [-0.05, 0) is 46.1 Å². The molecule has 10 nitrogen and oxygen atoms in total. The maximum absolute atomic E-state index is 13.2. The molecule has 2 aliphatic heterocycles. The van der Waals surface area contributed by atoms with E-state index in [1.807, 2.05) is 24.4 Å². The smallest absolute Gasteiger partial charge is 0.410 e. The number of anilines is 2. The van der Waals surface area contributed by atoms with Crippen LogP contribution in [0.15, 0.2) is 30.6 Å². The Labute approximate surface area is 237 Å². The van der Waals surface area contributed by atoms with Crippen molar-refractivity contribution in [3.8, 4) is 11.1 Å². The molecular weight excluding hydrogens is 532 g/mol. The molecule has 2 aromatic heterocycles. The number of aromatic amines is 1. The van der Waals surface area contributed by atoms with Gasteiger partial charge in [-0.2, -0.15) is 0 Å². The Kier molecular flexibility index (Phi) is 6.21. The topological polar surface area (TPSA) is 134 Å². The Hall–Kier alpha value is -3.79. The lowest BCUT2D eigenvalue weighted by Gasteiger charge is -2.35. The van der Waals surface area contributed by atoms with Gasteiger partial charge in [-0.3, -0.25) is 14.5 Å². The number of amides is 3. The average Bonchev–Trinajstić information content (AvgIpc) is 3.61. The zero-order valence-electron chi connectivity index (χ0n) is 22.8. The number of halogens is 1. The van der Waals surface area contributed by atoms with Crippen molar-refractivity contribution in [1.29, 1.82) is 0 Å². The number of pyridine rings is 1. The van der Waals surface area contributed by atoms with Gasteiger partial charge in [0.2, 0.25) is 11.8 Å². The van der Waals surface area contributed by atoms with Gasteiger partial charge in [0.25, 0.3) is 0 Å². The van der Waals surface area contributed by atoms with Crippen molar-refractivity contribution in [1.82, 2.24) is 14.9 Å². The molecule has 2 fully saturated rings. The fourth-order valence-corrected chi connectivity index (χ4v) is 6.83. The van der Waals surface area contributed by atoms with E-state index >= 15 is 0 Å². The third-order valence-electron chi connectivity index (χ3n) is 8.30. The van der Waals surface area contributed by atoms with Gasteiger partial charge in [0.1, 0.15) is 18.0 Å². The normalized spacial score (nSPS) is 22.6. The molecule has 11 heteroatoms. The largest absolute Gasteiger partial charge is 0.444 e. The Balaban J connectivity index is 1.31. The quantitative estimate of drug-likeness (QED) is 0.431. The number of benzene rings is 1. The van der Waals surface area contributed by atoms with Crippen LogP contribution in [0.25, 0.3) is 22.0 Å². The van der Waals surface area contributed by atoms with Crippen LogP contribution in [0.2, 0.25) is 5.02 Å². The van der Waals surface area contributed by atoms with Crippen LogP contribution in [0.4, 0.5) is 16.3 Å². The molecule has 6 rings (SSSR count). The number of nitrogens with zero attached hydrogens (tertiary/aromatic N) is 3. The van der Waals surface area contributed by atoms with Gasteiger partial charge in [0.05, 0.1) is 16.2 Å². The highest BCUT2D eigenvalue weighted by atomic mass is 35.5. The molecule has 1 saturated carbocycles. The lowest BCUT2D eigenvalue weighted by atomic mass is 9.80. The van der Waals surface area contributed by atoms with Crippen molar-refractivity contribution in [2.75, 3.05) is 36.4 Å². The predicted octanol–water partition coefficient (Wildman–Crippen LogP) is 4.42. The zero-order valence-corrected chi connectivity index (χ0v) is 23.6. The Morgan fingerprint density at radius 3 is 2.73 bits per heavy atom. The fraction of sp³-hybridized carbons (Fsp3) is 0.448. The molecule has 0 unspecified atom stereocenters. The SMILES string of the molecule is CC(C)(C)OC(=O)N1CCN(c2cccc3c(-c4cnc5c(c4Cl)[C@]4(CC[C@H](C(N)=O)C4)CN5)c[nH]c23)C(=O)C1. The van der Waals surface area contributed by atoms with Crippen molar-refractivity contribution < 1.29 is 19.1 Å². The first-order valence-corrected chi connectivity index (χ1v) is 14.0. The number of hydrogen-bond acceptors (Lipinski definition) is 6. The highest BCUT2D eigenvalue weighted by Crippen LogP contribution is 2.53. The van der Waals surface area contributed by atoms with Gasteiger partial charge in [0.15, 0.2) is 0 Å². The minimum absolute atomic E-state index is 0.0547. The van der Waals surface area contributed by atoms with Crippen LogP contribution in [0.1, 0.15) is 45.6 Å². The molecule has 210 valence electrons. The Morgan fingerprint density at radius 1 is 1.23 bits per heavy atom. The molecule has 1 aromatic carbocycles. The summed E-state index contributed by atoms with van der Waals surface area (Å²) in [5.41, 5.74) is 8.90. The summed E-state index contributed by atoms with van der Waals surface area (Å²) in [6.45, 7) is 6.75. The highest BCUT2D eigenvalue weighted by Gasteiger charge is 2.48. The first kappa shape index (κ1) is 26.4. The second kappa shape index (κ2) is 9.40. The van der Waals surface area contributed by atoms with E-state index in [1.54, 1.807) is 31.9 Å². The van der Waals surface area contributed by atoms with Crippen LogP contribution in [0.3, 0.4) is 0 Å². The van der Waals surface area contributed by atoms with Crippen molar-refractivity contribution in [3.63, 3.8) is 0 Å². The minimum Gasteiger partial charge on any atom is -0.444 e. The number of nitrogens with one attached hydrogen (secondary N) is 2. The first-order chi connectivity index (χ1) is 19.0. The number of fused-ring (bicyclic) bond motifs is 3. The minimum atomic E-state index is -0.631. The summed E-state index contributed by atoms with van der Waals surface area (Å²) in [5, 5.41) is 4.91. The second-order valence-electron chi connectivity index (χ2n) is 12.0. The summed E-state index contributed by atoms with van der Waals surface area (Å²) in [6, 6.07) is 5.80. The summed E-state index contributed by atoms with van der Waals surface area (Å²) in [7, 11) is 0. The Morgan fingerprint density at radius 2 is 2.02 bits per heavy atom. The standard InChI is InChI=1S/C29H33ClN6O4/c1-28(2,3)40-27(39)35-9-10-36(21(37)14-35)20-6-4-5-17-18(12-32-24(17)20)19-13-33-26-22(23(19)30)29(15-34-26)8-7-16(11-29)25(31)38/h4-6,12-13,16,32H,7-11,14-15H2,1-3H3,(H2,31,38)(H,33,34)/t16-,29-/m0/s1. The number of aromatic nitrogens is 2. The highest BCUT2D eigenvalue weighted by molar-refractivity contribution is 6.35. The fourth-order valence-electron chi connectivity index (χ4n) is 6.39. The van der Waals surface area contributed by atoms with E-state index < -0.39 is 11.7 Å². The number of piperazine rings is 1. The number of hydrogen-bond donors (Lipinski definition) is 3. The molecular formula is C29H33ClN6O4. The van der Waals surface area contributed by atoms with Crippen LogP contribution < -0.4 is 16.0 Å². The number of rotatable bonds is 3. The number of H-pyrrole nitrogens is 1. The van der Waals surface area contributed by atoms with Crippen LogP contribution in [0, 0.1) is 5.92 Å². The van der Waals surface area contributed by atoms with E-state index in [0.29, 0.717) is 31.1 Å². The average molecular weight is 565 g/mol. The first-order valence-electron chi connectivity index (χ1n) is 13.6. The molecule has 3 amide bonds. The Bertz CT molecular complexity index is 1550. The lowest BCUT2D eigenvalue weighted by molar-refractivity contribution is -0.122. The monoisotopic (exact) mass is 564 g/mol. The molecule has 1 saturated heterocycles. The van der Waals surface area contributed by atoms with Crippen molar-refractivity contribution >= 4 is 51.9 Å². The summed E-state index contributed by atoms with van der Waals surface area (Å²) in [4.78, 5) is 48.8. The molecule has 0 bridgehead atoms. The maximum atomic E-state index is 13.2. The van der Waals surface area contributed by atoms with E-state index in [0.717, 1.165) is 51.9 Å². The van der Waals surface area contributed by atoms with Gasteiger partial charge < -0.3 is 25.7 Å². The van der Waals surface area contributed by atoms with Gasteiger partial charge >= 0.3 is 6.09 Å². The summed E-state index contributed by atoms with van der Waals surface area (Å²) < 4.78 is 5.45. The third kappa shape index (κ3) is 4.34. The molecule has 0 radical (unpaired) electrons. The third-order valence-corrected chi connectivity index (χ3v) is 8.69. The number of carbonyl (C=O) groups excluding carboxylic acids is 3. The van der Waals surface area contributed by atoms with Crippen LogP contribution >= 0.6 is 11.6 Å². The van der Waals surface area contributed by atoms with E-state index in [-0.39, 0.29) is 29.7 Å². The molecule has 4 N–H and O–H groups in total. The van der Waals surface area contributed by atoms with Gasteiger partial charge in [-0.25, -0.2) is 9.78 Å². The van der Waals surface area contributed by atoms with Crippen LogP contribution in [-0.2, 0) is 19.7 Å². The molecule has 3 aliphatic rings. The van der Waals surface area contributed by atoms with E-state index in [4.69, 9.17) is 27.1 Å². The number of para-hydroxylation sites is 1. The van der Waals surface area contributed by atoms with Crippen molar-refractivity contribution in [3.05, 3.63) is 41.2 Å². The number of nitrogens with two attached hydrogens (primary N) is 1. The maximum Gasteiger partial charge on any atom is 0.410 e. The van der Waals surface area contributed by atoms with Crippen LogP contribution in [0.5, 0.6) is 0 Å². The summed E-state index contributed by atoms with van der Waals surface area (Å²) >= 11 is 7.12. The number of ether oxygens (including phenoxy) is 1.